The molecule has 0 saturated heterocycles. The fourth-order valence-corrected chi connectivity index (χ4v) is 2.39. The molecule has 0 aromatic heterocycles. The van der Waals surface area contributed by atoms with Gasteiger partial charge in [0.25, 0.3) is 11.8 Å². The molecule has 3 rings (SSSR count). The Balaban J connectivity index is 1.84. The Morgan fingerprint density at radius 2 is 1.77 bits per heavy atom. The molecule has 0 bridgehead atoms. The van der Waals surface area contributed by atoms with E-state index in [1.807, 2.05) is 25.1 Å². The number of benzene rings is 2. The molecule has 1 N–H and O–H groups in total. The molecule has 0 aliphatic carbocycles. The molecular formula is C17H13ClN2O2. The van der Waals surface area contributed by atoms with Gasteiger partial charge < -0.3 is 5.32 Å². The molecule has 2 amide bonds. The minimum atomic E-state index is -0.382. The number of rotatable bonds is 3. The zero-order valence-corrected chi connectivity index (χ0v) is 12.6. The van der Waals surface area contributed by atoms with Crippen molar-refractivity contribution in [2.75, 3.05) is 10.2 Å². The zero-order valence-electron chi connectivity index (χ0n) is 11.8. The standard InChI is InChI=1S/C17H13ClN2O2/c1-11-7-8-12(9-14(11)18)19-15-10-16(21)20(17(15)22)13-5-3-2-4-6-13/h2-10,19H,1H3. The van der Waals surface area contributed by atoms with Crippen LogP contribution in [-0.2, 0) is 9.59 Å². The van der Waals surface area contributed by atoms with E-state index in [2.05, 4.69) is 5.32 Å². The number of amides is 2. The van der Waals surface area contributed by atoms with Gasteiger partial charge in [-0.1, -0.05) is 35.9 Å². The van der Waals surface area contributed by atoms with Crippen molar-refractivity contribution in [3.8, 4) is 0 Å². The summed E-state index contributed by atoms with van der Waals surface area (Å²) in [4.78, 5) is 25.6. The third kappa shape index (κ3) is 2.61. The summed E-state index contributed by atoms with van der Waals surface area (Å²) in [5.74, 6) is -0.746. The number of hydrogen-bond donors (Lipinski definition) is 1. The van der Waals surface area contributed by atoms with Crippen LogP contribution in [0.3, 0.4) is 0 Å². The summed E-state index contributed by atoms with van der Waals surface area (Å²) in [5.41, 5.74) is 2.39. The lowest BCUT2D eigenvalue weighted by Crippen LogP contribution is -2.31. The Kier molecular flexibility index (Phi) is 3.69. The Morgan fingerprint density at radius 3 is 2.45 bits per heavy atom. The molecule has 1 aliphatic rings. The minimum Gasteiger partial charge on any atom is -0.351 e. The van der Waals surface area contributed by atoms with Crippen LogP contribution in [0.5, 0.6) is 0 Å². The van der Waals surface area contributed by atoms with Crippen LogP contribution >= 0.6 is 11.6 Å². The van der Waals surface area contributed by atoms with E-state index in [-0.39, 0.29) is 17.5 Å². The van der Waals surface area contributed by atoms with E-state index in [1.165, 1.54) is 6.08 Å². The first-order chi connectivity index (χ1) is 10.6. The number of carbonyl (C=O) groups excluding carboxylic acids is 2. The highest BCUT2D eigenvalue weighted by molar-refractivity contribution is 6.32. The summed E-state index contributed by atoms with van der Waals surface area (Å²) in [6.45, 7) is 1.90. The van der Waals surface area contributed by atoms with Gasteiger partial charge in [0.05, 0.1) is 5.69 Å². The van der Waals surface area contributed by atoms with Gasteiger partial charge in [-0.3, -0.25) is 9.59 Å². The molecule has 0 radical (unpaired) electrons. The molecule has 5 heteroatoms. The normalized spacial score (nSPS) is 14.3. The molecular weight excluding hydrogens is 300 g/mol. The van der Waals surface area contributed by atoms with Crippen LogP contribution in [0.2, 0.25) is 5.02 Å². The van der Waals surface area contributed by atoms with Crippen LogP contribution < -0.4 is 10.2 Å². The van der Waals surface area contributed by atoms with Crippen LogP contribution in [0.15, 0.2) is 60.3 Å². The van der Waals surface area contributed by atoms with Gasteiger partial charge in [0.1, 0.15) is 5.70 Å². The lowest BCUT2D eigenvalue weighted by molar-refractivity contribution is -0.120. The highest BCUT2D eigenvalue weighted by Crippen LogP contribution is 2.25. The highest BCUT2D eigenvalue weighted by atomic mass is 35.5. The smallest absolute Gasteiger partial charge is 0.281 e. The van der Waals surface area contributed by atoms with Gasteiger partial charge in [-0.25, -0.2) is 4.90 Å². The lowest BCUT2D eigenvalue weighted by Gasteiger charge is -2.15. The summed E-state index contributed by atoms with van der Waals surface area (Å²) in [6, 6.07) is 14.2. The molecule has 2 aromatic rings. The summed E-state index contributed by atoms with van der Waals surface area (Å²) in [7, 11) is 0. The summed E-state index contributed by atoms with van der Waals surface area (Å²) in [6.07, 6.45) is 1.29. The van der Waals surface area contributed by atoms with Gasteiger partial charge in [0, 0.05) is 16.8 Å². The number of carbonyl (C=O) groups is 2. The predicted octanol–water partition coefficient (Wildman–Crippen LogP) is 3.52. The van der Waals surface area contributed by atoms with E-state index >= 15 is 0 Å². The maximum atomic E-state index is 12.4. The second-order valence-electron chi connectivity index (χ2n) is 4.96. The average molecular weight is 313 g/mol. The fraction of sp³-hybridized carbons (Fsp3) is 0.0588. The van der Waals surface area contributed by atoms with E-state index in [4.69, 9.17) is 11.6 Å². The van der Waals surface area contributed by atoms with E-state index in [0.717, 1.165) is 10.5 Å². The zero-order chi connectivity index (χ0) is 15.7. The number of para-hydroxylation sites is 1. The summed E-state index contributed by atoms with van der Waals surface area (Å²) >= 11 is 6.07. The third-order valence-corrected chi connectivity index (χ3v) is 3.79. The topological polar surface area (TPSA) is 49.4 Å². The Morgan fingerprint density at radius 1 is 1.05 bits per heavy atom. The van der Waals surface area contributed by atoms with Crippen molar-refractivity contribution < 1.29 is 9.59 Å². The molecule has 4 nitrogen and oxygen atoms in total. The predicted molar refractivity (Wildman–Crippen MR) is 86.8 cm³/mol. The van der Waals surface area contributed by atoms with Gasteiger partial charge >= 0.3 is 0 Å². The van der Waals surface area contributed by atoms with Crippen molar-refractivity contribution in [3.05, 3.63) is 70.9 Å². The van der Waals surface area contributed by atoms with Crippen LogP contribution in [-0.4, -0.2) is 11.8 Å². The second kappa shape index (κ2) is 5.66. The first-order valence-corrected chi connectivity index (χ1v) is 7.12. The van der Waals surface area contributed by atoms with Crippen molar-refractivity contribution >= 4 is 34.8 Å². The molecule has 0 fully saturated rings. The van der Waals surface area contributed by atoms with Crippen LogP contribution in [0.25, 0.3) is 0 Å². The summed E-state index contributed by atoms with van der Waals surface area (Å²) < 4.78 is 0. The molecule has 0 spiro atoms. The van der Waals surface area contributed by atoms with Crippen LogP contribution in [0.1, 0.15) is 5.56 Å². The monoisotopic (exact) mass is 312 g/mol. The molecule has 1 heterocycles. The maximum absolute atomic E-state index is 12.4. The number of halogens is 1. The van der Waals surface area contributed by atoms with E-state index in [0.29, 0.717) is 16.4 Å². The highest BCUT2D eigenvalue weighted by Gasteiger charge is 2.32. The second-order valence-corrected chi connectivity index (χ2v) is 5.37. The molecule has 0 saturated carbocycles. The van der Waals surface area contributed by atoms with Gasteiger partial charge in [-0.05, 0) is 36.8 Å². The molecule has 2 aromatic carbocycles. The van der Waals surface area contributed by atoms with Crippen LogP contribution in [0, 0.1) is 6.92 Å². The average Bonchev–Trinajstić information content (AvgIpc) is 2.78. The fourth-order valence-electron chi connectivity index (χ4n) is 2.21. The van der Waals surface area contributed by atoms with E-state index < -0.39 is 0 Å². The number of nitrogens with one attached hydrogen (secondary N) is 1. The summed E-state index contributed by atoms with van der Waals surface area (Å²) in [5, 5.41) is 3.55. The van der Waals surface area contributed by atoms with Crippen LogP contribution in [0.4, 0.5) is 11.4 Å². The van der Waals surface area contributed by atoms with Crippen molar-refractivity contribution in [2.24, 2.45) is 0 Å². The maximum Gasteiger partial charge on any atom is 0.281 e. The molecule has 1 aliphatic heterocycles. The lowest BCUT2D eigenvalue weighted by atomic mass is 10.2. The van der Waals surface area contributed by atoms with E-state index in [9.17, 15) is 9.59 Å². The van der Waals surface area contributed by atoms with Crippen molar-refractivity contribution in [3.63, 3.8) is 0 Å². The quantitative estimate of drug-likeness (QED) is 0.882. The Hall–Kier alpha value is -2.59. The third-order valence-electron chi connectivity index (χ3n) is 3.39. The van der Waals surface area contributed by atoms with Crippen molar-refractivity contribution in [1.29, 1.82) is 0 Å². The van der Waals surface area contributed by atoms with E-state index in [1.54, 1.807) is 30.3 Å². The van der Waals surface area contributed by atoms with Gasteiger partial charge in [-0.15, -0.1) is 0 Å². The number of hydrogen-bond acceptors (Lipinski definition) is 3. The van der Waals surface area contributed by atoms with Crippen molar-refractivity contribution in [2.45, 2.75) is 6.92 Å². The van der Waals surface area contributed by atoms with Crippen molar-refractivity contribution in [1.82, 2.24) is 0 Å². The minimum absolute atomic E-state index is 0.230. The molecule has 0 atom stereocenters. The number of aryl methyl sites for hydroxylation is 1. The number of anilines is 2. The number of nitrogens with zero attached hydrogens (tertiary/aromatic N) is 1. The largest absolute Gasteiger partial charge is 0.351 e. The Labute approximate surface area is 133 Å². The Bertz CT molecular complexity index is 785. The number of imide groups is 1. The SMILES string of the molecule is Cc1ccc(NC2=CC(=O)N(c3ccccc3)C2=O)cc1Cl. The molecule has 0 unspecified atom stereocenters. The van der Waals surface area contributed by atoms with Gasteiger partial charge in [0.15, 0.2) is 0 Å². The first kappa shape index (κ1) is 14.4. The molecule has 110 valence electrons. The van der Waals surface area contributed by atoms with Gasteiger partial charge in [0.2, 0.25) is 0 Å². The molecule has 22 heavy (non-hydrogen) atoms. The van der Waals surface area contributed by atoms with Gasteiger partial charge in [-0.2, -0.15) is 0 Å². The first-order valence-electron chi connectivity index (χ1n) is 6.74.